The van der Waals surface area contributed by atoms with E-state index in [4.69, 9.17) is 5.11 Å². The molecule has 1 rings (SSSR count). The highest BCUT2D eigenvalue weighted by molar-refractivity contribution is 5.78. The zero-order valence-corrected chi connectivity index (χ0v) is 13.1. The van der Waals surface area contributed by atoms with Crippen LogP contribution in [-0.2, 0) is 16.0 Å². The summed E-state index contributed by atoms with van der Waals surface area (Å²) in [7, 11) is 0. The van der Waals surface area contributed by atoms with Gasteiger partial charge in [-0.25, -0.2) is 0 Å². The maximum Gasteiger partial charge on any atom is 0.303 e. The van der Waals surface area contributed by atoms with Gasteiger partial charge in [0.1, 0.15) is 0 Å². The average Bonchev–Trinajstić information content (AvgIpc) is 2.34. The van der Waals surface area contributed by atoms with Gasteiger partial charge in [0.25, 0.3) is 0 Å². The van der Waals surface area contributed by atoms with Crippen molar-refractivity contribution in [1.82, 2.24) is 5.32 Å². The largest absolute Gasteiger partial charge is 0.481 e. The summed E-state index contributed by atoms with van der Waals surface area (Å²) in [6.07, 6.45) is 1.24. The molecule has 0 unspecified atom stereocenters. The Balaban J connectivity index is 2.47. The molecule has 1 aromatic carbocycles. The molecule has 0 saturated heterocycles. The molecule has 116 valence electrons. The first-order chi connectivity index (χ1) is 9.86. The van der Waals surface area contributed by atoms with Crippen molar-refractivity contribution < 1.29 is 14.7 Å². The highest BCUT2D eigenvalue weighted by atomic mass is 16.4. The van der Waals surface area contributed by atoms with E-state index < -0.39 is 5.97 Å². The van der Waals surface area contributed by atoms with Crippen LogP contribution in [0.5, 0.6) is 0 Å². The Kier molecular flexibility index (Phi) is 6.92. The summed E-state index contributed by atoms with van der Waals surface area (Å²) in [4.78, 5) is 22.8. The summed E-state index contributed by atoms with van der Waals surface area (Å²) >= 11 is 0. The van der Waals surface area contributed by atoms with E-state index in [1.807, 2.05) is 31.2 Å². The molecule has 0 spiro atoms. The first-order valence-electron chi connectivity index (χ1n) is 7.41. The molecule has 4 heteroatoms. The fourth-order valence-corrected chi connectivity index (χ4v) is 2.48. The fraction of sp³-hybridized carbons (Fsp3) is 0.529. The van der Waals surface area contributed by atoms with Gasteiger partial charge in [0.15, 0.2) is 0 Å². The Morgan fingerprint density at radius 1 is 1.29 bits per heavy atom. The molecule has 0 saturated carbocycles. The van der Waals surface area contributed by atoms with Crippen LogP contribution >= 0.6 is 0 Å². The Morgan fingerprint density at radius 2 is 2.00 bits per heavy atom. The number of benzene rings is 1. The Hall–Kier alpha value is -1.84. The molecular formula is C17H25NO3. The van der Waals surface area contributed by atoms with E-state index in [1.54, 1.807) is 0 Å². The van der Waals surface area contributed by atoms with Gasteiger partial charge in [-0.1, -0.05) is 43.7 Å². The van der Waals surface area contributed by atoms with Gasteiger partial charge in [0, 0.05) is 13.0 Å². The summed E-state index contributed by atoms with van der Waals surface area (Å²) in [5, 5.41) is 11.8. The summed E-state index contributed by atoms with van der Waals surface area (Å²) < 4.78 is 0. The van der Waals surface area contributed by atoms with Gasteiger partial charge in [0.05, 0.1) is 6.42 Å². The Bertz CT molecular complexity index is 483. The minimum atomic E-state index is -0.811. The number of carbonyl (C=O) groups excluding carboxylic acids is 1. The van der Waals surface area contributed by atoms with Gasteiger partial charge in [-0.2, -0.15) is 0 Å². The number of aryl methyl sites for hydroxylation is 1. The molecule has 0 aromatic heterocycles. The molecule has 0 heterocycles. The van der Waals surface area contributed by atoms with E-state index in [1.165, 1.54) is 0 Å². The number of rotatable bonds is 8. The molecule has 0 radical (unpaired) electrons. The molecular weight excluding hydrogens is 266 g/mol. The van der Waals surface area contributed by atoms with Crippen LogP contribution in [0.4, 0.5) is 0 Å². The highest BCUT2D eigenvalue weighted by Gasteiger charge is 2.16. The predicted molar refractivity (Wildman–Crippen MR) is 83.1 cm³/mol. The van der Waals surface area contributed by atoms with Gasteiger partial charge in [-0.05, 0) is 30.7 Å². The van der Waals surface area contributed by atoms with Crippen LogP contribution in [-0.4, -0.2) is 23.5 Å². The van der Waals surface area contributed by atoms with Gasteiger partial charge >= 0.3 is 5.97 Å². The quantitative estimate of drug-likeness (QED) is 0.774. The number of nitrogens with one attached hydrogen (secondary N) is 1. The fourth-order valence-electron chi connectivity index (χ4n) is 2.48. The SMILES string of the molecule is Cc1cccc(CC(=O)NC[C@H](CC(=O)O)CC(C)C)c1. The lowest BCUT2D eigenvalue weighted by Crippen LogP contribution is -2.32. The smallest absolute Gasteiger partial charge is 0.303 e. The summed E-state index contributed by atoms with van der Waals surface area (Å²) in [5.74, 6) is -0.458. The van der Waals surface area contributed by atoms with E-state index in [2.05, 4.69) is 19.2 Å². The van der Waals surface area contributed by atoms with Gasteiger partial charge in [-0.3, -0.25) is 9.59 Å². The molecule has 2 N–H and O–H groups in total. The third kappa shape index (κ3) is 7.49. The van der Waals surface area contributed by atoms with Crippen LogP contribution in [0, 0.1) is 18.8 Å². The van der Waals surface area contributed by atoms with E-state index in [9.17, 15) is 9.59 Å². The molecule has 1 aromatic rings. The summed E-state index contributed by atoms with van der Waals surface area (Å²) in [6.45, 7) is 6.54. The molecule has 0 fully saturated rings. The third-order valence-corrected chi connectivity index (χ3v) is 3.30. The lowest BCUT2D eigenvalue weighted by molar-refractivity contribution is -0.138. The van der Waals surface area contributed by atoms with Crippen molar-refractivity contribution in [3.05, 3.63) is 35.4 Å². The van der Waals surface area contributed by atoms with Crippen molar-refractivity contribution in [2.75, 3.05) is 6.54 Å². The zero-order valence-electron chi connectivity index (χ0n) is 13.1. The number of hydrogen-bond acceptors (Lipinski definition) is 2. The predicted octanol–water partition coefficient (Wildman–Crippen LogP) is 2.79. The van der Waals surface area contributed by atoms with E-state index in [0.717, 1.165) is 17.5 Å². The minimum Gasteiger partial charge on any atom is -0.481 e. The van der Waals surface area contributed by atoms with Gasteiger partial charge in [0.2, 0.25) is 5.91 Å². The summed E-state index contributed by atoms with van der Waals surface area (Å²) in [5.41, 5.74) is 2.11. The highest BCUT2D eigenvalue weighted by Crippen LogP contribution is 2.15. The molecule has 1 amide bonds. The van der Waals surface area contributed by atoms with E-state index >= 15 is 0 Å². The zero-order chi connectivity index (χ0) is 15.8. The van der Waals surface area contributed by atoms with Crippen LogP contribution in [0.3, 0.4) is 0 Å². The Labute approximate surface area is 126 Å². The average molecular weight is 291 g/mol. The molecule has 0 bridgehead atoms. The standard InChI is InChI=1S/C17H25NO3/c1-12(2)7-15(10-17(20)21)11-18-16(19)9-14-6-4-5-13(3)8-14/h4-6,8,12,15H,7,9-11H2,1-3H3,(H,18,19)(H,20,21)/t15-/m0/s1. The van der Waals surface area contributed by atoms with Crippen molar-refractivity contribution in [2.45, 2.75) is 40.0 Å². The second-order valence-corrected chi connectivity index (χ2v) is 6.06. The van der Waals surface area contributed by atoms with Crippen LogP contribution in [0.25, 0.3) is 0 Å². The maximum absolute atomic E-state index is 11.9. The normalized spacial score (nSPS) is 12.2. The van der Waals surface area contributed by atoms with Crippen molar-refractivity contribution in [1.29, 1.82) is 0 Å². The number of aliphatic carboxylic acids is 1. The molecule has 0 aliphatic heterocycles. The second-order valence-electron chi connectivity index (χ2n) is 6.06. The Morgan fingerprint density at radius 3 is 2.57 bits per heavy atom. The second kappa shape index (κ2) is 8.45. The molecule has 4 nitrogen and oxygen atoms in total. The first kappa shape index (κ1) is 17.2. The topological polar surface area (TPSA) is 66.4 Å². The van der Waals surface area contributed by atoms with Crippen LogP contribution < -0.4 is 5.32 Å². The number of carboxylic acids is 1. The van der Waals surface area contributed by atoms with Crippen molar-refractivity contribution in [2.24, 2.45) is 11.8 Å². The van der Waals surface area contributed by atoms with Crippen LogP contribution in [0.1, 0.15) is 37.8 Å². The molecule has 1 atom stereocenters. The van der Waals surface area contributed by atoms with Gasteiger partial charge in [-0.15, -0.1) is 0 Å². The molecule has 0 aliphatic carbocycles. The van der Waals surface area contributed by atoms with Crippen molar-refractivity contribution >= 4 is 11.9 Å². The van der Waals surface area contributed by atoms with Gasteiger partial charge < -0.3 is 10.4 Å². The number of carbonyl (C=O) groups is 2. The third-order valence-electron chi connectivity index (χ3n) is 3.30. The first-order valence-corrected chi connectivity index (χ1v) is 7.41. The molecule has 0 aliphatic rings. The molecule has 21 heavy (non-hydrogen) atoms. The minimum absolute atomic E-state index is 0.0102. The lowest BCUT2D eigenvalue weighted by Gasteiger charge is -2.17. The summed E-state index contributed by atoms with van der Waals surface area (Å²) in [6, 6.07) is 7.84. The maximum atomic E-state index is 11.9. The van der Waals surface area contributed by atoms with E-state index in [0.29, 0.717) is 18.9 Å². The monoisotopic (exact) mass is 291 g/mol. The van der Waals surface area contributed by atoms with Crippen molar-refractivity contribution in [3.63, 3.8) is 0 Å². The van der Waals surface area contributed by atoms with E-state index in [-0.39, 0.29) is 18.2 Å². The van der Waals surface area contributed by atoms with Crippen LogP contribution in [0.2, 0.25) is 0 Å². The number of carboxylic acid groups (broad SMARTS) is 1. The number of amides is 1. The lowest BCUT2D eigenvalue weighted by atomic mass is 9.94. The van der Waals surface area contributed by atoms with Crippen LogP contribution in [0.15, 0.2) is 24.3 Å². The van der Waals surface area contributed by atoms with Crippen molar-refractivity contribution in [3.8, 4) is 0 Å². The number of hydrogen-bond donors (Lipinski definition) is 2.